The van der Waals surface area contributed by atoms with Crippen LogP contribution < -0.4 is 4.74 Å². The highest BCUT2D eigenvalue weighted by molar-refractivity contribution is 5.30. The Morgan fingerprint density at radius 1 is 1.03 bits per heavy atom. The normalized spacial score (nSPS) is 16.7. The molecule has 4 rings (SSSR count). The smallest absolute Gasteiger partial charge is 0.231 e. The third kappa shape index (κ3) is 5.40. The maximum Gasteiger partial charge on any atom is 0.231 e. The number of aliphatic hydroxyl groups is 1. The molecule has 1 N–H and O–H groups in total. The lowest BCUT2D eigenvalue weighted by atomic mass is 9.73. The van der Waals surface area contributed by atoms with E-state index < -0.39 is 5.60 Å². The first-order valence-corrected chi connectivity index (χ1v) is 11.8. The lowest BCUT2D eigenvalue weighted by Gasteiger charge is -2.36. The molecule has 5 heteroatoms. The topological polar surface area (TPSA) is 58.7 Å². The van der Waals surface area contributed by atoms with Crippen molar-refractivity contribution in [3.63, 3.8) is 0 Å². The summed E-state index contributed by atoms with van der Waals surface area (Å²) in [6.45, 7) is 2.20. The number of hydrogen-bond acceptors (Lipinski definition) is 5. The Morgan fingerprint density at radius 2 is 1.72 bits per heavy atom. The highest BCUT2D eigenvalue weighted by atomic mass is 16.5. The maximum absolute atomic E-state index is 11.9. The van der Waals surface area contributed by atoms with Crippen molar-refractivity contribution in [1.29, 1.82) is 0 Å². The number of ether oxygens (including phenoxy) is 1. The number of nitrogens with zero attached hydrogens (tertiary/aromatic N) is 2. The van der Waals surface area contributed by atoms with E-state index in [0.717, 1.165) is 55.7 Å². The van der Waals surface area contributed by atoms with Crippen LogP contribution in [0.5, 0.6) is 5.75 Å². The van der Waals surface area contributed by atoms with Crippen molar-refractivity contribution in [2.45, 2.75) is 50.7 Å². The molecule has 1 heterocycles. The minimum absolute atomic E-state index is 0.123. The lowest BCUT2D eigenvalue weighted by molar-refractivity contribution is -0.0242. The van der Waals surface area contributed by atoms with Crippen molar-refractivity contribution >= 4 is 0 Å². The Kier molecular flexibility index (Phi) is 7.61. The molecule has 3 aromatic rings. The van der Waals surface area contributed by atoms with E-state index in [9.17, 15) is 5.11 Å². The molecular weight excluding hydrogens is 400 g/mol. The second-order valence-corrected chi connectivity index (χ2v) is 8.85. The van der Waals surface area contributed by atoms with E-state index in [1.807, 2.05) is 60.7 Å². The van der Waals surface area contributed by atoms with Crippen LogP contribution in [0.4, 0.5) is 0 Å². The fourth-order valence-electron chi connectivity index (χ4n) is 4.69. The van der Waals surface area contributed by atoms with Crippen molar-refractivity contribution in [3.8, 4) is 5.75 Å². The zero-order valence-electron chi connectivity index (χ0n) is 19.0. The fourth-order valence-corrected chi connectivity index (χ4v) is 4.69. The van der Waals surface area contributed by atoms with Gasteiger partial charge in [-0.2, -0.15) is 0 Å². The van der Waals surface area contributed by atoms with Crippen molar-refractivity contribution in [2.24, 2.45) is 5.92 Å². The molecule has 0 bridgehead atoms. The molecule has 0 spiro atoms. The van der Waals surface area contributed by atoms with E-state index in [-0.39, 0.29) is 5.92 Å². The van der Waals surface area contributed by atoms with Gasteiger partial charge in [0.2, 0.25) is 5.89 Å². The van der Waals surface area contributed by atoms with Crippen molar-refractivity contribution < 1.29 is 14.3 Å². The van der Waals surface area contributed by atoms with Crippen molar-refractivity contribution in [1.82, 2.24) is 9.88 Å². The number of hydrogen-bond donors (Lipinski definition) is 1. The van der Waals surface area contributed by atoms with Crippen molar-refractivity contribution in [3.05, 3.63) is 84.1 Å². The standard InChI is InChI=1S/C27H34N2O3/c1-29(18-11-19-31-24-16-9-4-10-17-24)21-25-20-28-26(32-25)27(30,22-12-5-2-6-13-22)23-14-7-3-8-15-23/h2,4-6,9-10,12-13,16-17,20,23,30H,3,7-8,11,14-15,18-19,21H2,1H3/t27-/m0/s1. The van der Waals surface area contributed by atoms with Gasteiger partial charge in [0.1, 0.15) is 11.5 Å². The summed E-state index contributed by atoms with van der Waals surface area (Å²) in [5.74, 6) is 2.22. The van der Waals surface area contributed by atoms with E-state index >= 15 is 0 Å². The van der Waals surface area contributed by atoms with Crippen LogP contribution in [0, 0.1) is 5.92 Å². The average molecular weight is 435 g/mol. The summed E-state index contributed by atoms with van der Waals surface area (Å²) in [5.41, 5.74) is -0.311. The van der Waals surface area contributed by atoms with E-state index in [4.69, 9.17) is 9.15 Å². The number of aromatic nitrogens is 1. The summed E-state index contributed by atoms with van der Waals surface area (Å²) < 4.78 is 11.9. The van der Waals surface area contributed by atoms with Crippen LogP contribution in [0.1, 0.15) is 55.7 Å². The van der Waals surface area contributed by atoms with E-state index in [0.29, 0.717) is 19.0 Å². The van der Waals surface area contributed by atoms with Crippen LogP contribution in [0.15, 0.2) is 71.3 Å². The zero-order chi connectivity index (χ0) is 22.2. The molecule has 170 valence electrons. The first kappa shape index (κ1) is 22.6. The van der Waals surface area contributed by atoms with Crippen LogP contribution in [-0.2, 0) is 12.1 Å². The molecule has 5 nitrogen and oxygen atoms in total. The molecule has 0 radical (unpaired) electrons. The van der Waals surface area contributed by atoms with Gasteiger partial charge in [0.05, 0.1) is 19.3 Å². The van der Waals surface area contributed by atoms with Gasteiger partial charge >= 0.3 is 0 Å². The summed E-state index contributed by atoms with van der Waals surface area (Å²) >= 11 is 0. The molecular formula is C27H34N2O3. The molecule has 0 unspecified atom stereocenters. The van der Waals surface area contributed by atoms with E-state index in [1.54, 1.807) is 6.20 Å². The highest BCUT2D eigenvalue weighted by Crippen LogP contribution is 2.43. The van der Waals surface area contributed by atoms with Gasteiger partial charge in [0.25, 0.3) is 0 Å². The van der Waals surface area contributed by atoms with Gasteiger partial charge in [0, 0.05) is 12.5 Å². The molecule has 0 aliphatic heterocycles. The monoisotopic (exact) mass is 434 g/mol. The molecule has 1 fully saturated rings. The molecule has 1 saturated carbocycles. The molecule has 0 amide bonds. The summed E-state index contributed by atoms with van der Waals surface area (Å²) in [6, 6.07) is 19.8. The van der Waals surface area contributed by atoms with Crippen molar-refractivity contribution in [2.75, 3.05) is 20.2 Å². The predicted molar refractivity (Wildman–Crippen MR) is 125 cm³/mol. The average Bonchev–Trinajstić information content (AvgIpc) is 3.32. The minimum Gasteiger partial charge on any atom is -0.494 e. The van der Waals surface area contributed by atoms with Gasteiger partial charge in [-0.25, -0.2) is 4.98 Å². The van der Waals surface area contributed by atoms with Gasteiger partial charge < -0.3 is 14.3 Å². The first-order valence-electron chi connectivity index (χ1n) is 11.8. The Labute approximate surface area is 191 Å². The molecule has 2 aromatic carbocycles. The molecule has 1 aliphatic rings. The van der Waals surface area contributed by atoms with Gasteiger partial charge in [-0.15, -0.1) is 0 Å². The number of oxazole rings is 1. The third-order valence-corrected chi connectivity index (χ3v) is 6.41. The van der Waals surface area contributed by atoms with E-state index in [1.165, 1.54) is 6.42 Å². The predicted octanol–water partition coefficient (Wildman–Crippen LogP) is 5.39. The van der Waals surface area contributed by atoms with Crippen LogP contribution in [-0.4, -0.2) is 35.2 Å². The molecule has 32 heavy (non-hydrogen) atoms. The van der Waals surface area contributed by atoms with Crippen LogP contribution in [0.25, 0.3) is 0 Å². The first-order chi connectivity index (χ1) is 15.7. The Bertz CT molecular complexity index is 938. The third-order valence-electron chi connectivity index (χ3n) is 6.41. The fraction of sp³-hybridized carbons (Fsp3) is 0.444. The van der Waals surface area contributed by atoms with Gasteiger partial charge in [0.15, 0.2) is 5.60 Å². The van der Waals surface area contributed by atoms with Gasteiger partial charge in [-0.05, 0) is 44.0 Å². The maximum atomic E-state index is 11.9. The van der Waals surface area contributed by atoms with Gasteiger partial charge in [-0.1, -0.05) is 67.8 Å². The molecule has 0 saturated heterocycles. The molecule has 1 aliphatic carbocycles. The lowest BCUT2D eigenvalue weighted by Crippen LogP contribution is -2.38. The van der Waals surface area contributed by atoms with Gasteiger partial charge in [-0.3, -0.25) is 4.90 Å². The quantitative estimate of drug-likeness (QED) is 0.434. The summed E-state index contributed by atoms with van der Waals surface area (Å²) in [7, 11) is 2.06. The zero-order valence-corrected chi connectivity index (χ0v) is 19.0. The largest absolute Gasteiger partial charge is 0.494 e. The Hall–Kier alpha value is -2.63. The molecule has 1 atom stereocenters. The summed E-state index contributed by atoms with van der Waals surface area (Å²) in [4.78, 5) is 6.76. The number of para-hydroxylation sites is 1. The second kappa shape index (κ2) is 10.8. The SMILES string of the molecule is CN(CCCOc1ccccc1)Cc1cnc([C@](O)(c2ccccc2)C2CCCCC2)o1. The summed E-state index contributed by atoms with van der Waals surface area (Å²) in [6.07, 6.45) is 8.18. The number of benzene rings is 2. The molecule has 1 aromatic heterocycles. The number of rotatable bonds is 10. The Morgan fingerprint density at radius 3 is 2.44 bits per heavy atom. The van der Waals surface area contributed by atoms with Crippen LogP contribution in [0.2, 0.25) is 0 Å². The second-order valence-electron chi connectivity index (χ2n) is 8.85. The highest BCUT2D eigenvalue weighted by Gasteiger charge is 2.44. The summed E-state index contributed by atoms with van der Waals surface area (Å²) in [5, 5.41) is 11.9. The Balaban J connectivity index is 1.38. The van der Waals surface area contributed by atoms with E-state index in [2.05, 4.69) is 16.9 Å². The minimum atomic E-state index is -1.18. The van der Waals surface area contributed by atoms with Crippen LogP contribution >= 0.6 is 0 Å². The van der Waals surface area contributed by atoms with Crippen LogP contribution in [0.3, 0.4) is 0 Å².